The van der Waals surface area contributed by atoms with Gasteiger partial charge < -0.3 is 4.74 Å². The van der Waals surface area contributed by atoms with Crippen LogP contribution < -0.4 is 0 Å². The number of cyclic esters (lactones) is 1. The van der Waals surface area contributed by atoms with E-state index in [1.165, 1.54) is 12.1 Å². The van der Waals surface area contributed by atoms with Crippen LogP contribution in [0.25, 0.3) is 0 Å². The molecule has 1 aromatic rings. The Labute approximate surface area is 90.0 Å². The topological polar surface area (TPSA) is 26.3 Å². The van der Waals surface area contributed by atoms with Crippen molar-refractivity contribution in [2.45, 2.75) is 18.7 Å². The lowest BCUT2D eigenvalue weighted by Gasteiger charge is -2.20. The van der Waals surface area contributed by atoms with E-state index in [4.69, 9.17) is 4.74 Å². The van der Waals surface area contributed by atoms with Gasteiger partial charge in [0.05, 0.1) is 6.42 Å². The molecular formula is C11H9F3O2. The van der Waals surface area contributed by atoms with Crippen molar-refractivity contribution >= 4 is 5.97 Å². The number of ether oxygens (including phenoxy) is 1. The van der Waals surface area contributed by atoms with Crippen LogP contribution in [0.3, 0.4) is 0 Å². The number of alkyl halides is 3. The summed E-state index contributed by atoms with van der Waals surface area (Å²) in [5, 5.41) is 0. The van der Waals surface area contributed by atoms with Crippen LogP contribution in [-0.2, 0) is 9.53 Å². The molecule has 2 nitrogen and oxygen atoms in total. The van der Waals surface area contributed by atoms with Gasteiger partial charge in [-0.15, -0.1) is 0 Å². The molecule has 1 saturated heterocycles. The van der Waals surface area contributed by atoms with Crippen molar-refractivity contribution in [3.05, 3.63) is 35.9 Å². The van der Waals surface area contributed by atoms with Crippen molar-refractivity contribution in [2.24, 2.45) is 5.92 Å². The van der Waals surface area contributed by atoms with Gasteiger partial charge in [0.2, 0.25) is 0 Å². The molecule has 1 heterocycles. The summed E-state index contributed by atoms with van der Waals surface area (Å²) in [4.78, 5) is 11.0. The summed E-state index contributed by atoms with van der Waals surface area (Å²) in [5.74, 6) is -2.53. The number of halogens is 3. The van der Waals surface area contributed by atoms with E-state index in [-0.39, 0.29) is 0 Å². The summed E-state index contributed by atoms with van der Waals surface area (Å²) in [6.07, 6.45) is -6.20. The van der Waals surface area contributed by atoms with Crippen molar-refractivity contribution in [3.8, 4) is 0 Å². The molecule has 0 aliphatic carbocycles. The highest BCUT2D eigenvalue weighted by Crippen LogP contribution is 2.44. The Hall–Kier alpha value is -1.52. The molecule has 0 radical (unpaired) electrons. The van der Waals surface area contributed by atoms with Crippen LogP contribution >= 0.6 is 0 Å². The van der Waals surface area contributed by atoms with Gasteiger partial charge in [0.15, 0.2) is 0 Å². The maximum Gasteiger partial charge on any atom is 0.396 e. The zero-order valence-electron chi connectivity index (χ0n) is 8.20. The normalized spacial score (nSPS) is 25.6. The van der Waals surface area contributed by atoms with E-state index >= 15 is 0 Å². The van der Waals surface area contributed by atoms with Gasteiger partial charge in [-0.05, 0) is 5.56 Å². The zero-order valence-corrected chi connectivity index (χ0v) is 8.20. The van der Waals surface area contributed by atoms with Gasteiger partial charge in [-0.3, -0.25) is 4.79 Å². The van der Waals surface area contributed by atoms with E-state index in [9.17, 15) is 18.0 Å². The third-order valence-electron chi connectivity index (χ3n) is 2.56. The molecule has 2 rings (SSSR count). The summed E-state index contributed by atoms with van der Waals surface area (Å²) in [6.45, 7) is 0. The predicted octanol–water partition coefficient (Wildman–Crippen LogP) is 2.85. The van der Waals surface area contributed by atoms with Gasteiger partial charge in [0, 0.05) is 0 Å². The molecule has 0 amide bonds. The highest BCUT2D eigenvalue weighted by molar-refractivity contribution is 5.72. The largest absolute Gasteiger partial charge is 0.457 e. The Morgan fingerprint density at radius 3 is 2.38 bits per heavy atom. The second-order valence-corrected chi connectivity index (χ2v) is 3.67. The molecule has 0 spiro atoms. The van der Waals surface area contributed by atoms with E-state index in [1.54, 1.807) is 18.2 Å². The molecule has 0 N–H and O–H groups in total. The minimum absolute atomic E-state index is 0.385. The van der Waals surface area contributed by atoms with Crippen molar-refractivity contribution in [2.75, 3.05) is 0 Å². The summed E-state index contributed by atoms with van der Waals surface area (Å²) in [5.41, 5.74) is 0.385. The Kier molecular flexibility index (Phi) is 2.61. The average molecular weight is 230 g/mol. The van der Waals surface area contributed by atoms with Crippen molar-refractivity contribution in [1.82, 2.24) is 0 Å². The van der Waals surface area contributed by atoms with Gasteiger partial charge in [0.1, 0.15) is 12.0 Å². The number of carbonyl (C=O) groups is 1. The van der Waals surface area contributed by atoms with E-state index in [0.29, 0.717) is 5.56 Å². The third kappa shape index (κ3) is 2.03. The molecule has 1 aromatic carbocycles. The molecule has 0 bridgehead atoms. The first kappa shape index (κ1) is 11.0. The molecule has 1 fully saturated rings. The molecule has 1 aliphatic rings. The lowest BCUT2D eigenvalue weighted by Crippen LogP contribution is -2.25. The van der Waals surface area contributed by atoms with Gasteiger partial charge in [-0.25, -0.2) is 0 Å². The number of hydrogen-bond acceptors (Lipinski definition) is 2. The van der Waals surface area contributed by atoms with Crippen LogP contribution in [-0.4, -0.2) is 12.1 Å². The van der Waals surface area contributed by atoms with Crippen LogP contribution in [0.15, 0.2) is 30.3 Å². The third-order valence-corrected chi connectivity index (χ3v) is 2.56. The standard InChI is InChI=1S/C11H9F3O2/c12-11(13,14)8-6-9(15)16-10(8)7-4-2-1-3-5-7/h1-5,8,10H,6H2/t8-,10+/m0/s1. The Bertz CT molecular complexity index is 386. The number of esters is 1. The van der Waals surface area contributed by atoms with E-state index in [0.717, 1.165) is 0 Å². The molecule has 16 heavy (non-hydrogen) atoms. The Morgan fingerprint density at radius 2 is 1.81 bits per heavy atom. The number of carbonyl (C=O) groups excluding carboxylic acids is 1. The molecule has 2 atom stereocenters. The monoisotopic (exact) mass is 230 g/mol. The summed E-state index contributed by atoms with van der Waals surface area (Å²) in [6, 6.07) is 8.00. The summed E-state index contributed by atoms with van der Waals surface area (Å²) in [7, 11) is 0. The van der Waals surface area contributed by atoms with Gasteiger partial charge in [0.25, 0.3) is 0 Å². The Balaban J connectivity index is 2.30. The first-order chi connectivity index (χ1) is 7.48. The molecule has 5 heteroatoms. The number of hydrogen-bond donors (Lipinski definition) is 0. The molecule has 86 valence electrons. The molecule has 0 unspecified atom stereocenters. The summed E-state index contributed by atoms with van der Waals surface area (Å²) >= 11 is 0. The molecular weight excluding hydrogens is 221 g/mol. The van der Waals surface area contributed by atoms with E-state index < -0.39 is 30.6 Å². The SMILES string of the molecule is O=C1C[C@H](C(F)(F)F)[C@@H](c2ccccc2)O1. The first-order valence-corrected chi connectivity index (χ1v) is 4.79. The van der Waals surface area contributed by atoms with Crippen LogP contribution in [0.5, 0.6) is 0 Å². The van der Waals surface area contributed by atoms with E-state index in [1.807, 2.05) is 0 Å². The lowest BCUT2D eigenvalue weighted by molar-refractivity contribution is -0.187. The van der Waals surface area contributed by atoms with Crippen molar-refractivity contribution in [1.29, 1.82) is 0 Å². The fourth-order valence-corrected chi connectivity index (χ4v) is 1.79. The van der Waals surface area contributed by atoms with Crippen molar-refractivity contribution in [3.63, 3.8) is 0 Å². The zero-order chi connectivity index (χ0) is 11.8. The van der Waals surface area contributed by atoms with Crippen LogP contribution in [0, 0.1) is 5.92 Å². The summed E-state index contributed by atoms with van der Waals surface area (Å²) < 4.78 is 42.6. The second kappa shape index (κ2) is 3.81. The number of rotatable bonds is 1. The second-order valence-electron chi connectivity index (χ2n) is 3.67. The van der Waals surface area contributed by atoms with Gasteiger partial charge in [-0.2, -0.15) is 13.2 Å². The Morgan fingerprint density at radius 1 is 1.19 bits per heavy atom. The first-order valence-electron chi connectivity index (χ1n) is 4.79. The minimum Gasteiger partial charge on any atom is -0.457 e. The van der Waals surface area contributed by atoms with Crippen molar-refractivity contribution < 1.29 is 22.7 Å². The van der Waals surface area contributed by atoms with Gasteiger partial charge in [-0.1, -0.05) is 30.3 Å². The highest BCUT2D eigenvalue weighted by atomic mass is 19.4. The average Bonchev–Trinajstić information content (AvgIpc) is 2.61. The molecule has 0 aromatic heterocycles. The predicted molar refractivity (Wildman–Crippen MR) is 49.4 cm³/mol. The van der Waals surface area contributed by atoms with Crippen LogP contribution in [0.4, 0.5) is 13.2 Å². The quantitative estimate of drug-likeness (QED) is 0.693. The smallest absolute Gasteiger partial charge is 0.396 e. The van der Waals surface area contributed by atoms with Crippen LogP contribution in [0.1, 0.15) is 18.1 Å². The fraction of sp³-hybridized carbons (Fsp3) is 0.364. The molecule has 0 saturated carbocycles. The minimum atomic E-state index is -4.41. The maximum atomic E-state index is 12.6. The fourth-order valence-electron chi connectivity index (χ4n) is 1.79. The highest BCUT2D eigenvalue weighted by Gasteiger charge is 2.52. The maximum absolute atomic E-state index is 12.6. The lowest BCUT2D eigenvalue weighted by atomic mass is 9.95. The van der Waals surface area contributed by atoms with Crippen LogP contribution in [0.2, 0.25) is 0 Å². The van der Waals surface area contributed by atoms with Gasteiger partial charge >= 0.3 is 12.1 Å². The van der Waals surface area contributed by atoms with E-state index in [2.05, 4.69) is 0 Å². The molecule has 1 aliphatic heterocycles. The number of benzene rings is 1.